The number of rotatable bonds is 7. The number of piperidine rings is 3. The van der Waals surface area contributed by atoms with Crippen molar-refractivity contribution in [1.82, 2.24) is 15.2 Å². The van der Waals surface area contributed by atoms with Crippen LogP contribution in [0.25, 0.3) is 10.9 Å². The Hall–Kier alpha value is -2.64. The highest BCUT2D eigenvalue weighted by molar-refractivity contribution is 5.84. The predicted octanol–water partition coefficient (Wildman–Crippen LogP) is 4.68. The molecule has 0 spiro atoms. The third-order valence-electron chi connectivity index (χ3n) is 6.71. The number of carbonyl (C=O) groups excluding carboxylic acids is 1. The number of alkyl carbamates (subject to hydrolysis) is 1. The number of carbonyl (C=O) groups is 1. The van der Waals surface area contributed by atoms with Crippen molar-refractivity contribution in [3.8, 4) is 5.75 Å². The molecule has 1 amide bonds. The molecule has 5 atom stereocenters. The SMILES string of the molecule is C=C[C@H]1CN2CC[C@H]1C[C@H]2[C@H](OCOC(=O)NC(C)(C)C)c1ccnc2ccc(OC)cc12. The van der Waals surface area contributed by atoms with Crippen molar-refractivity contribution in [2.75, 3.05) is 27.0 Å². The topological polar surface area (TPSA) is 72.9 Å². The van der Waals surface area contributed by atoms with Crippen molar-refractivity contribution in [1.29, 1.82) is 0 Å². The lowest BCUT2D eigenvalue weighted by Gasteiger charge is -2.51. The molecule has 7 nitrogen and oxygen atoms in total. The predicted molar refractivity (Wildman–Crippen MR) is 128 cm³/mol. The Labute approximate surface area is 196 Å². The number of hydrogen-bond donors (Lipinski definition) is 1. The highest BCUT2D eigenvalue weighted by Gasteiger charge is 2.43. The molecule has 33 heavy (non-hydrogen) atoms. The van der Waals surface area contributed by atoms with Gasteiger partial charge in [-0.3, -0.25) is 9.88 Å². The molecule has 1 aromatic heterocycles. The summed E-state index contributed by atoms with van der Waals surface area (Å²) in [6, 6.07) is 8.07. The molecule has 0 aliphatic carbocycles. The van der Waals surface area contributed by atoms with Crippen LogP contribution in [0.1, 0.15) is 45.3 Å². The summed E-state index contributed by atoms with van der Waals surface area (Å²) in [6.45, 7) is 11.7. The lowest BCUT2D eigenvalue weighted by Crippen LogP contribution is -2.55. The minimum atomic E-state index is -0.486. The lowest BCUT2D eigenvalue weighted by molar-refractivity contribution is -0.118. The van der Waals surface area contributed by atoms with Gasteiger partial charge in [-0.25, -0.2) is 4.79 Å². The fourth-order valence-corrected chi connectivity index (χ4v) is 5.12. The van der Waals surface area contributed by atoms with Gasteiger partial charge in [0.15, 0.2) is 6.79 Å². The maximum atomic E-state index is 12.2. The van der Waals surface area contributed by atoms with Gasteiger partial charge >= 0.3 is 6.09 Å². The number of pyridine rings is 1. The van der Waals surface area contributed by atoms with Gasteiger partial charge < -0.3 is 19.5 Å². The smallest absolute Gasteiger partial charge is 0.409 e. The van der Waals surface area contributed by atoms with Crippen molar-refractivity contribution in [3.63, 3.8) is 0 Å². The maximum absolute atomic E-state index is 12.2. The first-order valence-electron chi connectivity index (χ1n) is 11.6. The number of methoxy groups -OCH3 is 1. The standard InChI is InChI=1S/C26H35N3O4/c1-6-17-15-29-12-10-18(17)13-23(29)24(32-16-33-25(30)28-26(2,3)4)20-9-11-27-22-8-7-19(31-5)14-21(20)22/h6-9,11,14,17-18,23-24H,1,10,12-13,15-16H2,2-5H3,(H,28,30)/t17-,18-,23-,24+/m0/s1. The van der Waals surface area contributed by atoms with Crippen LogP contribution in [0.15, 0.2) is 43.1 Å². The number of amides is 1. The molecule has 7 heteroatoms. The number of aromatic nitrogens is 1. The molecule has 3 aliphatic heterocycles. The summed E-state index contributed by atoms with van der Waals surface area (Å²) in [5, 5.41) is 3.80. The van der Waals surface area contributed by atoms with Crippen LogP contribution in [-0.2, 0) is 9.47 Å². The van der Waals surface area contributed by atoms with Gasteiger partial charge in [0.25, 0.3) is 0 Å². The van der Waals surface area contributed by atoms with Crippen LogP contribution in [0, 0.1) is 11.8 Å². The van der Waals surface area contributed by atoms with Crippen LogP contribution in [0.5, 0.6) is 5.75 Å². The van der Waals surface area contributed by atoms with Crippen molar-refractivity contribution < 1.29 is 19.0 Å². The van der Waals surface area contributed by atoms with Crippen LogP contribution >= 0.6 is 0 Å². The van der Waals surface area contributed by atoms with E-state index in [1.807, 2.05) is 51.2 Å². The number of ether oxygens (including phenoxy) is 3. The van der Waals surface area contributed by atoms with Gasteiger partial charge in [-0.1, -0.05) is 6.08 Å². The van der Waals surface area contributed by atoms with Crippen LogP contribution in [-0.4, -0.2) is 54.6 Å². The highest BCUT2D eigenvalue weighted by atomic mass is 16.7. The van der Waals surface area contributed by atoms with Gasteiger partial charge in [-0.2, -0.15) is 0 Å². The van der Waals surface area contributed by atoms with Crippen LogP contribution in [0.3, 0.4) is 0 Å². The maximum Gasteiger partial charge on any atom is 0.409 e. The van der Waals surface area contributed by atoms with E-state index >= 15 is 0 Å². The second-order valence-electron chi connectivity index (χ2n) is 10.0. The summed E-state index contributed by atoms with van der Waals surface area (Å²) < 4.78 is 17.2. The number of benzene rings is 1. The Morgan fingerprint density at radius 3 is 2.85 bits per heavy atom. The van der Waals surface area contributed by atoms with E-state index in [1.54, 1.807) is 7.11 Å². The van der Waals surface area contributed by atoms with E-state index in [4.69, 9.17) is 14.2 Å². The first kappa shape index (κ1) is 23.5. The first-order chi connectivity index (χ1) is 15.8. The molecule has 2 bridgehead atoms. The Kier molecular flexibility index (Phi) is 6.91. The second-order valence-corrected chi connectivity index (χ2v) is 10.0. The van der Waals surface area contributed by atoms with Crippen LogP contribution in [0.4, 0.5) is 4.79 Å². The zero-order valence-corrected chi connectivity index (χ0v) is 20.0. The minimum absolute atomic E-state index is 0.125. The van der Waals surface area contributed by atoms with Gasteiger partial charge in [-0.05, 0) is 81.8 Å². The first-order valence-corrected chi connectivity index (χ1v) is 11.6. The van der Waals surface area contributed by atoms with Crippen molar-refractivity contribution in [2.24, 2.45) is 11.8 Å². The molecule has 2 aromatic rings. The molecule has 1 aromatic carbocycles. The van der Waals surface area contributed by atoms with Crippen molar-refractivity contribution in [2.45, 2.75) is 51.3 Å². The number of nitrogens with one attached hydrogen (secondary N) is 1. The Morgan fingerprint density at radius 2 is 2.18 bits per heavy atom. The molecule has 3 aliphatic rings. The summed E-state index contributed by atoms with van der Waals surface area (Å²) in [6.07, 6.45) is 5.35. The molecule has 3 saturated heterocycles. The van der Waals surface area contributed by atoms with E-state index < -0.39 is 6.09 Å². The largest absolute Gasteiger partial charge is 0.497 e. The molecular weight excluding hydrogens is 418 g/mol. The molecule has 178 valence electrons. The number of fused-ring (bicyclic) bond motifs is 4. The zero-order chi connectivity index (χ0) is 23.6. The van der Waals surface area contributed by atoms with E-state index in [0.29, 0.717) is 11.8 Å². The minimum Gasteiger partial charge on any atom is -0.497 e. The summed E-state index contributed by atoms with van der Waals surface area (Å²) in [7, 11) is 1.66. The van der Waals surface area contributed by atoms with Gasteiger partial charge in [-0.15, -0.1) is 6.58 Å². The molecule has 0 radical (unpaired) electrons. The molecule has 1 unspecified atom stereocenters. The van der Waals surface area contributed by atoms with Gasteiger partial charge in [0.2, 0.25) is 0 Å². The summed E-state index contributed by atoms with van der Waals surface area (Å²) in [5.74, 6) is 1.88. The summed E-state index contributed by atoms with van der Waals surface area (Å²) >= 11 is 0. The highest BCUT2D eigenvalue weighted by Crippen LogP contribution is 2.43. The Morgan fingerprint density at radius 1 is 1.36 bits per heavy atom. The molecule has 1 N–H and O–H groups in total. The fourth-order valence-electron chi connectivity index (χ4n) is 5.12. The number of nitrogens with zero attached hydrogens (tertiary/aromatic N) is 2. The van der Waals surface area contributed by atoms with Gasteiger partial charge in [0.1, 0.15) is 11.9 Å². The van der Waals surface area contributed by atoms with Gasteiger partial charge in [0, 0.05) is 29.7 Å². The molecule has 3 fully saturated rings. The van der Waals surface area contributed by atoms with E-state index in [0.717, 1.165) is 41.7 Å². The Balaban J connectivity index is 1.62. The molecule has 4 heterocycles. The monoisotopic (exact) mass is 453 g/mol. The zero-order valence-electron chi connectivity index (χ0n) is 20.0. The third kappa shape index (κ3) is 5.31. The second kappa shape index (κ2) is 9.69. The average Bonchev–Trinajstić information content (AvgIpc) is 2.80. The van der Waals surface area contributed by atoms with E-state index in [1.165, 1.54) is 6.42 Å². The Bertz CT molecular complexity index is 1000. The average molecular weight is 454 g/mol. The van der Waals surface area contributed by atoms with E-state index in [-0.39, 0.29) is 24.5 Å². The normalized spacial score (nSPS) is 25.5. The van der Waals surface area contributed by atoms with Crippen molar-refractivity contribution in [3.05, 3.63) is 48.7 Å². The van der Waals surface area contributed by atoms with Crippen LogP contribution < -0.4 is 10.1 Å². The third-order valence-corrected chi connectivity index (χ3v) is 6.71. The van der Waals surface area contributed by atoms with Crippen molar-refractivity contribution >= 4 is 17.0 Å². The molecule has 5 rings (SSSR count). The fraction of sp³-hybridized carbons (Fsp3) is 0.538. The van der Waals surface area contributed by atoms with Gasteiger partial charge in [0.05, 0.1) is 12.6 Å². The molecular formula is C26H35N3O4. The van der Waals surface area contributed by atoms with E-state index in [9.17, 15) is 4.79 Å². The quantitative estimate of drug-likeness (QED) is 0.485. The molecule has 0 saturated carbocycles. The van der Waals surface area contributed by atoms with Crippen LogP contribution in [0.2, 0.25) is 0 Å². The summed E-state index contributed by atoms with van der Waals surface area (Å²) in [4.78, 5) is 19.2. The van der Waals surface area contributed by atoms with E-state index in [2.05, 4.69) is 27.9 Å². The summed E-state index contributed by atoms with van der Waals surface area (Å²) in [5.41, 5.74) is 1.54. The lowest BCUT2D eigenvalue weighted by atomic mass is 9.73. The number of hydrogen-bond acceptors (Lipinski definition) is 6.